The molecule has 1 aromatic carbocycles. The van der Waals surface area contributed by atoms with Crippen molar-refractivity contribution in [1.82, 2.24) is 34.9 Å². The molecule has 188 valence electrons. The number of aromatic nitrogens is 7. The molecule has 3 atom stereocenters. The van der Waals surface area contributed by atoms with Gasteiger partial charge in [-0.2, -0.15) is 21.5 Å². The van der Waals surface area contributed by atoms with Crippen LogP contribution in [-0.4, -0.2) is 46.4 Å². The van der Waals surface area contributed by atoms with Crippen LogP contribution < -0.4 is 0 Å². The Hall–Kier alpha value is -3.27. The summed E-state index contributed by atoms with van der Waals surface area (Å²) in [4.78, 5) is 14.0. The van der Waals surface area contributed by atoms with Crippen molar-refractivity contribution in [3.05, 3.63) is 77.3 Å². The van der Waals surface area contributed by atoms with Crippen molar-refractivity contribution in [3.8, 4) is 17.2 Å². The molecule has 3 aliphatic rings. The summed E-state index contributed by atoms with van der Waals surface area (Å²) in [6.45, 7) is 4.45. The van der Waals surface area contributed by atoms with E-state index in [0.29, 0.717) is 11.9 Å². The lowest BCUT2D eigenvalue weighted by molar-refractivity contribution is 0.242. The molecule has 1 aliphatic heterocycles. The van der Waals surface area contributed by atoms with Crippen molar-refractivity contribution in [2.24, 2.45) is 5.41 Å². The van der Waals surface area contributed by atoms with Crippen LogP contribution in [0.25, 0.3) is 17.2 Å². The summed E-state index contributed by atoms with van der Waals surface area (Å²) in [7, 11) is 0. The fourth-order valence-electron chi connectivity index (χ4n) is 6.75. The van der Waals surface area contributed by atoms with Crippen LogP contribution >= 0.6 is 11.8 Å². The number of hydrogen-bond donors (Lipinski definition) is 0. The van der Waals surface area contributed by atoms with Crippen molar-refractivity contribution in [1.29, 1.82) is 0 Å². The van der Waals surface area contributed by atoms with Crippen LogP contribution in [-0.2, 0) is 5.41 Å². The van der Waals surface area contributed by atoms with Gasteiger partial charge in [-0.05, 0) is 66.2 Å². The van der Waals surface area contributed by atoms with Gasteiger partial charge in [0.1, 0.15) is 18.0 Å². The lowest BCUT2D eigenvalue weighted by Crippen LogP contribution is -2.38. The molecular formula is C27H25F2N7S. The molecule has 2 aliphatic carbocycles. The highest BCUT2D eigenvalue weighted by molar-refractivity contribution is 7.99. The quantitative estimate of drug-likeness (QED) is 0.367. The minimum absolute atomic E-state index is 0.139. The van der Waals surface area contributed by atoms with Crippen molar-refractivity contribution < 1.29 is 8.78 Å². The van der Waals surface area contributed by atoms with E-state index in [1.807, 2.05) is 23.9 Å². The van der Waals surface area contributed by atoms with Crippen molar-refractivity contribution in [2.75, 3.05) is 11.5 Å². The van der Waals surface area contributed by atoms with Crippen LogP contribution in [0.1, 0.15) is 67.7 Å². The van der Waals surface area contributed by atoms with Gasteiger partial charge in [0.2, 0.25) is 0 Å². The van der Waals surface area contributed by atoms with E-state index in [4.69, 9.17) is 10.1 Å². The second-order valence-corrected chi connectivity index (χ2v) is 11.8. The zero-order valence-corrected chi connectivity index (χ0v) is 21.3. The molecule has 1 saturated heterocycles. The van der Waals surface area contributed by atoms with Gasteiger partial charge in [0.05, 0.1) is 28.1 Å². The van der Waals surface area contributed by atoms with E-state index in [2.05, 4.69) is 34.0 Å². The van der Waals surface area contributed by atoms with Crippen LogP contribution in [0.2, 0.25) is 0 Å². The Labute approximate surface area is 217 Å². The molecule has 4 heterocycles. The van der Waals surface area contributed by atoms with E-state index in [1.54, 1.807) is 17.2 Å². The van der Waals surface area contributed by atoms with Gasteiger partial charge in [-0.1, -0.05) is 19.9 Å². The number of fused-ring (bicyclic) bond motifs is 5. The second-order valence-electron chi connectivity index (χ2n) is 10.7. The Morgan fingerprint density at radius 3 is 2.68 bits per heavy atom. The predicted octanol–water partition coefficient (Wildman–Crippen LogP) is 5.22. The molecule has 1 saturated carbocycles. The smallest absolute Gasteiger partial charge is 0.220 e. The lowest BCUT2D eigenvalue weighted by Gasteiger charge is -2.37. The summed E-state index contributed by atoms with van der Waals surface area (Å²) in [6, 6.07) is 7.61. The third-order valence-corrected chi connectivity index (χ3v) is 9.85. The number of hydrogen-bond acceptors (Lipinski definition) is 7. The highest BCUT2D eigenvalue weighted by atomic mass is 32.2. The molecule has 4 aromatic rings. The SMILES string of the molecule is CC1(C)[C@H]2CC[C@]1(c1ccnc(-n3cnc([C@@H]4CCSC4)n3)n1)c1nnc(-c3c(F)cccc3F)cc12. The average molecular weight is 518 g/mol. The highest BCUT2D eigenvalue weighted by Gasteiger charge is 2.65. The Morgan fingerprint density at radius 2 is 1.89 bits per heavy atom. The first-order chi connectivity index (χ1) is 17.9. The lowest BCUT2D eigenvalue weighted by atomic mass is 9.66. The molecule has 2 bridgehead atoms. The van der Waals surface area contributed by atoms with Crippen LogP contribution in [0.3, 0.4) is 0 Å². The topological polar surface area (TPSA) is 82.3 Å². The van der Waals surface area contributed by atoms with E-state index in [-0.39, 0.29) is 22.6 Å². The second kappa shape index (κ2) is 8.11. The highest BCUT2D eigenvalue weighted by Crippen LogP contribution is 2.69. The Balaban J connectivity index is 1.32. The maximum atomic E-state index is 14.5. The summed E-state index contributed by atoms with van der Waals surface area (Å²) in [6.07, 6.45) is 6.32. The van der Waals surface area contributed by atoms with Crippen molar-refractivity contribution >= 4 is 11.8 Å². The van der Waals surface area contributed by atoms with Gasteiger partial charge in [0.25, 0.3) is 5.95 Å². The number of halogens is 2. The normalized spacial score (nSPS) is 25.5. The van der Waals surface area contributed by atoms with Gasteiger partial charge in [0.15, 0.2) is 5.82 Å². The molecule has 0 N–H and O–H groups in total. The molecule has 0 unspecified atom stereocenters. The van der Waals surface area contributed by atoms with Crippen LogP contribution in [0.15, 0.2) is 42.9 Å². The first kappa shape index (κ1) is 22.9. The molecule has 3 aromatic heterocycles. The van der Waals surface area contributed by atoms with Crippen molar-refractivity contribution in [3.63, 3.8) is 0 Å². The summed E-state index contributed by atoms with van der Waals surface area (Å²) < 4.78 is 30.7. The molecule has 37 heavy (non-hydrogen) atoms. The third kappa shape index (κ3) is 3.17. The molecule has 10 heteroatoms. The zero-order valence-electron chi connectivity index (χ0n) is 20.5. The van der Waals surface area contributed by atoms with E-state index in [0.717, 1.165) is 53.5 Å². The predicted molar refractivity (Wildman–Crippen MR) is 136 cm³/mol. The van der Waals surface area contributed by atoms with Gasteiger partial charge < -0.3 is 0 Å². The summed E-state index contributed by atoms with van der Waals surface area (Å²) in [5.74, 6) is 2.74. The minimum Gasteiger partial charge on any atom is -0.220 e. The van der Waals surface area contributed by atoms with E-state index >= 15 is 0 Å². The largest absolute Gasteiger partial charge is 0.252 e. The maximum Gasteiger partial charge on any atom is 0.252 e. The molecule has 0 amide bonds. The Bertz CT molecular complexity index is 1510. The molecule has 0 radical (unpaired) electrons. The Kier molecular flexibility index (Phi) is 5.02. The standard InChI is InChI=1S/C27H25F2N7S/c1-26(2)17-6-9-27(26,23-16(17)12-20(33-34-23)22-18(28)4-3-5-19(22)29)21-7-10-30-25(32-21)36-14-31-24(35-36)15-8-11-37-13-15/h3-5,7,10,12,14-15,17H,6,8-9,11,13H2,1-2H3/t15-,17+,27+/m1/s1. The first-order valence-corrected chi connectivity index (χ1v) is 13.7. The number of nitrogens with zero attached hydrogens (tertiary/aromatic N) is 7. The van der Waals surface area contributed by atoms with Gasteiger partial charge in [-0.3, -0.25) is 0 Å². The van der Waals surface area contributed by atoms with E-state index in [1.165, 1.54) is 18.2 Å². The maximum absolute atomic E-state index is 14.5. The number of rotatable bonds is 4. The number of benzene rings is 1. The molecular weight excluding hydrogens is 492 g/mol. The first-order valence-electron chi connectivity index (χ1n) is 12.6. The zero-order chi connectivity index (χ0) is 25.4. The van der Waals surface area contributed by atoms with Gasteiger partial charge in [-0.25, -0.2) is 23.7 Å². The van der Waals surface area contributed by atoms with Gasteiger partial charge in [-0.15, -0.1) is 10.2 Å². The van der Waals surface area contributed by atoms with Crippen LogP contribution in [0, 0.1) is 17.0 Å². The van der Waals surface area contributed by atoms with E-state index in [9.17, 15) is 8.78 Å². The van der Waals surface area contributed by atoms with Crippen LogP contribution in [0.5, 0.6) is 0 Å². The van der Waals surface area contributed by atoms with Gasteiger partial charge in [0, 0.05) is 17.9 Å². The molecule has 7 rings (SSSR count). The van der Waals surface area contributed by atoms with E-state index < -0.39 is 17.0 Å². The van der Waals surface area contributed by atoms with Crippen LogP contribution in [0.4, 0.5) is 8.78 Å². The van der Waals surface area contributed by atoms with Crippen molar-refractivity contribution in [2.45, 2.75) is 50.4 Å². The fraction of sp³-hybridized carbons (Fsp3) is 0.407. The summed E-state index contributed by atoms with van der Waals surface area (Å²) in [5, 5.41) is 13.6. The molecule has 7 nitrogen and oxygen atoms in total. The third-order valence-electron chi connectivity index (χ3n) is 8.69. The summed E-state index contributed by atoms with van der Waals surface area (Å²) in [5.41, 5.74) is 2.05. The Morgan fingerprint density at radius 1 is 1.05 bits per heavy atom. The molecule has 2 fully saturated rings. The van der Waals surface area contributed by atoms with Gasteiger partial charge >= 0.3 is 0 Å². The molecule has 0 spiro atoms. The monoisotopic (exact) mass is 517 g/mol. The average Bonchev–Trinajstić information content (AvgIpc) is 3.67. The fourth-order valence-corrected chi connectivity index (χ4v) is 7.97. The minimum atomic E-state index is -0.643. The summed E-state index contributed by atoms with van der Waals surface area (Å²) >= 11 is 1.93. The number of thioether (sulfide) groups is 1.